The van der Waals surface area contributed by atoms with E-state index in [4.69, 9.17) is 42.8 Å². The summed E-state index contributed by atoms with van der Waals surface area (Å²) in [6, 6.07) is 11.2. The fourth-order valence-corrected chi connectivity index (χ4v) is 5.93. The van der Waals surface area contributed by atoms with Crippen LogP contribution in [-0.2, 0) is 16.0 Å². The molecule has 5 rings (SSSR count). The van der Waals surface area contributed by atoms with E-state index in [1.165, 1.54) is 18.1 Å². The number of halogens is 3. The van der Waals surface area contributed by atoms with Crippen LogP contribution >= 0.6 is 23.2 Å². The van der Waals surface area contributed by atoms with Gasteiger partial charge in [0.15, 0.2) is 6.73 Å². The molecule has 3 aromatic carbocycles. The summed E-state index contributed by atoms with van der Waals surface area (Å²) in [5, 5.41) is 10.8. The molecule has 3 aromatic rings. The number of ether oxygens (including phenoxy) is 3. The van der Waals surface area contributed by atoms with Gasteiger partial charge in [0.1, 0.15) is 11.6 Å². The topological polar surface area (TPSA) is 104 Å². The monoisotopic (exact) mass is 640 g/mol. The zero-order valence-corrected chi connectivity index (χ0v) is 26.1. The number of carbonyl (C=O) groups excluding carboxylic acids is 2. The van der Waals surface area contributed by atoms with Gasteiger partial charge in [-0.15, -0.1) is 0 Å². The molecule has 0 radical (unpaired) electrons. The minimum atomic E-state index is -0.654. The van der Waals surface area contributed by atoms with Gasteiger partial charge in [-0.1, -0.05) is 41.4 Å². The van der Waals surface area contributed by atoms with E-state index >= 15 is 4.39 Å². The van der Waals surface area contributed by atoms with Crippen molar-refractivity contribution in [1.82, 2.24) is 10.2 Å². The summed E-state index contributed by atoms with van der Waals surface area (Å²) < 4.78 is 32.1. The van der Waals surface area contributed by atoms with Crippen LogP contribution in [0, 0.1) is 11.2 Å². The lowest BCUT2D eigenvalue weighted by Crippen LogP contribution is -2.59. The number of rotatable bonds is 8. The number of esters is 1. The Bertz CT molecular complexity index is 1670. The number of fused-ring (bicyclic) bond motifs is 1. The summed E-state index contributed by atoms with van der Waals surface area (Å²) in [5.74, 6) is -1.29. The molecule has 1 saturated heterocycles. The smallest absolute Gasteiger partial charge is 0.340 e. The molecule has 230 valence electrons. The molecule has 9 nitrogen and oxygen atoms in total. The molecule has 0 spiro atoms. The van der Waals surface area contributed by atoms with Crippen molar-refractivity contribution < 1.29 is 28.2 Å². The van der Waals surface area contributed by atoms with Gasteiger partial charge in [-0.05, 0) is 36.8 Å². The lowest BCUT2D eigenvalue weighted by molar-refractivity contribution is -0.0455. The minimum absolute atomic E-state index is 0.0980. The average Bonchev–Trinajstić information content (AvgIpc) is 3.00. The van der Waals surface area contributed by atoms with Crippen molar-refractivity contribution >= 4 is 52.6 Å². The van der Waals surface area contributed by atoms with Crippen LogP contribution < -0.4 is 15.0 Å². The summed E-state index contributed by atoms with van der Waals surface area (Å²) in [7, 11) is 4.79. The number of hydrogen-bond acceptors (Lipinski definition) is 8. The van der Waals surface area contributed by atoms with Crippen LogP contribution in [0.5, 0.6) is 5.75 Å². The molecule has 0 aromatic heterocycles. The SMILES string of the molecule is CN/C=C(\C=N)c1cc(Cl)c(C(=O)N2COc3c(cccc3-c3cc(N(C)C4(C)COC4)c(C(=O)OC)cc3F)C2)c(Cl)c1. The second kappa shape index (κ2) is 12.5. The number of allylic oxidation sites excluding steroid dienone is 1. The second-order valence-corrected chi connectivity index (χ2v) is 11.6. The predicted octanol–water partition coefficient (Wildman–Crippen LogP) is 6.01. The predicted molar refractivity (Wildman–Crippen MR) is 168 cm³/mol. The van der Waals surface area contributed by atoms with Gasteiger partial charge in [0.25, 0.3) is 5.91 Å². The molecule has 2 N–H and O–H groups in total. The number of likely N-dealkylation sites (N-methyl/N-ethyl adjacent to an activating group) is 1. The van der Waals surface area contributed by atoms with Crippen molar-refractivity contribution in [2.45, 2.75) is 19.0 Å². The Labute approximate surface area is 264 Å². The van der Waals surface area contributed by atoms with E-state index in [2.05, 4.69) is 5.32 Å². The van der Waals surface area contributed by atoms with Gasteiger partial charge < -0.3 is 34.7 Å². The summed E-state index contributed by atoms with van der Waals surface area (Å²) in [4.78, 5) is 29.6. The Balaban J connectivity index is 1.49. The maximum absolute atomic E-state index is 15.7. The number of benzene rings is 3. The number of amides is 1. The van der Waals surface area contributed by atoms with Crippen LogP contribution in [0.15, 0.2) is 48.7 Å². The zero-order valence-electron chi connectivity index (χ0n) is 24.6. The van der Waals surface area contributed by atoms with Gasteiger partial charge in [0, 0.05) is 48.8 Å². The Morgan fingerprint density at radius 3 is 2.45 bits per heavy atom. The van der Waals surface area contributed by atoms with E-state index in [0.29, 0.717) is 46.9 Å². The van der Waals surface area contributed by atoms with Gasteiger partial charge in [-0.3, -0.25) is 4.79 Å². The lowest BCUT2D eigenvalue weighted by atomic mass is 9.93. The van der Waals surface area contributed by atoms with Gasteiger partial charge >= 0.3 is 5.97 Å². The number of carbonyl (C=O) groups is 2. The number of para-hydroxylation sites is 1. The third-order valence-electron chi connectivity index (χ3n) is 7.93. The van der Waals surface area contributed by atoms with E-state index in [1.807, 2.05) is 18.9 Å². The summed E-state index contributed by atoms with van der Waals surface area (Å²) in [5.41, 5.74) is 2.80. The fourth-order valence-electron chi connectivity index (χ4n) is 5.28. The number of nitrogens with zero attached hydrogens (tertiary/aromatic N) is 2. The maximum Gasteiger partial charge on any atom is 0.340 e. The third-order valence-corrected chi connectivity index (χ3v) is 8.53. The van der Waals surface area contributed by atoms with Crippen LogP contribution in [0.4, 0.5) is 10.1 Å². The number of methoxy groups -OCH3 is 1. The van der Waals surface area contributed by atoms with E-state index in [1.54, 1.807) is 49.6 Å². The first kappa shape index (κ1) is 31.3. The number of hydrogen-bond donors (Lipinski definition) is 2. The molecule has 0 saturated carbocycles. The van der Waals surface area contributed by atoms with Crippen molar-refractivity contribution in [2.24, 2.45) is 0 Å². The van der Waals surface area contributed by atoms with Gasteiger partial charge in [0.2, 0.25) is 0 Å². The van der Waals surface area contributed by atoms with E-state index < -0.39 is 17.7 Å². The van der Waals surface area contributed by atoms with E-state index in [-0.39, 0.29) is 45.6 Å². The van der Waals surface area contributed by atoms with Gasteiger partial charge in [-0.25, -0.2) is 9.18 Å². The van der Waals surface area contributed by atoms with E-state index in [9.17, 15) is 9.59 Å². The third kappa shape index (κ3) is 5.60. The van der Waals surface area contributed by atoms with Crippen LogP contribution in [0.2, 0.25) is 10.0 Å². The lowest BCUT2D eigenvalue weighted by Gasteiger charge is -2.47. The molecular weight excluding hydrogens is 610 g/mol. The minimum Gasteiger partial charge on any atom is -0.472 e. The summed E-state index contributed by atoms with van der Waals surface area (Å²) in [6.07, 6.45) is 2.78. The Morgan fingerprint density at radius 1 is 1.16 bits per heavy atom. The van der Waals surface area contributed by atoms with E-state index in [0.717, 1.165) is 6.21 Å². The number of nitrogens with one attached hydrogen (secondary N) is 2. The van der Waals surface area contributed by atoms with Gasteiger partial charge in [0.05, 0.1) is 59.3 Å². The highest BCUT2D eigenvalue weighted by Gasteiger charge is 2.39. The average molecular weight is 642 g/mol. The first-order chi connectivity index (χ1) is 21.0. The van der Waals surface area contributed by atoms with Gasteiger partial charge in [-0.2, -0.15) is 0 Å². The molecule has 2 aliphatic rings. The summed E-state index contributed by atoms with van der Waals surface area (Å²) >= 11 is 13.0. The Morgan fingerprint density at radius 2 is 1.86 bits per heavy atom. The molecule has 0 atom stereocenters. The van der Waals surface area contributed by atoms with Crippen LogP contribution in [0.1, 0.15) is 38.8 Å². The highest BCUT2D eigenvalue weighted by molar-refractivity contribution is 6.40. The Kier molecular flexibility index (Phi) is 8.88. The Hall–Kier alpha value is -4.12. The zero-order chi connectivity index (χ0) is 31.8. The van der Waals surface area contributed by atoms with Crippen LogP contribution in [-0.4, -0.2) is 69.7 Å². The first-order valence-corrected chi connectivity index (χ1v) is 14.4. The van der Waals surface area contributed by atoms with Crippen molar-refractivity contribution in [3.63, 3.8) is 0 Å². The molecule has 44 heavy (non-hydrogen) atoms. The first-order valence-electron chi connectivity index (χ1n) is 13.7. The molecule has 12 heteroatoms. The number of anilines is 1. The van der Waals surface area contributed by atoms with Crippen molar-refractivity contribution in [3.05, 3.63) is 86.8 Å². The standard InChI is InChI=1S/C32H31Cl2FN4O5/c1-32(15-43-16-32)38(3)27-11-22(26(35)10-23(27)31(41)42-4)21-7-5-6-18-14-39(17-44-29(18)21)30(40)28-24(33)8-19(9-25(28)34)20(12-36)13-37-2/h5-13,36-37H,14-17H2,1-4H3/b20-13+,36-12?. The molecule has 2 heterocycles. The summed E-state index contributed by atoms with van der Waals surface area (Å²) in [6.45, 7) is 2.94. The molecule has 1 fully saturated rings. The van der Waals surface area contributed by atoms with Crippen molar-refractivity contribution in [3.8, 4) is 16.9 Å². The second-order valence-electron chi connectivity index (χ2n) is 10.8. The molecule has 2 aliphatic heterocycles. The fraction of sp³-hybridized carbons (Fsp3) is 0.281. The maximum atomic E-state index is 15.7. The molecule has 1 amide bonds. The molecule has 0 bridgehead atoms. The quantitative estimate of drug-likeness (QED) is 0.229. The normalized spacial score (nSPS) is 15.4. The highest BCUT2D eigenvalue weighted by Crippen LogP contribution is 2.42. The largest absolute Gasteiger partial charge is 0.472 e. The van der Waals surface area contributed by atoms with Crippen molar-refractivity contribution in [1.29, 1.82) is 5.41 Å². The molecular formula is C32H31Cl2FN4O5. The van der Waals surface area contributed by atoms with Crippen LogP contribution in [0.3, 0.4) is 0 Å². The van der Waals surface area contributed by atoms with Crippen molar-refractivity contribution in [2.75, 3.05) is 46.0 Å². The molecule has 0 unspecified atom stereocenters. The highest BCUT2D eigenvalue weighted by atomic mass is 35.5. The molecule has 0 aliphatic carbocycles. The van der Waals surface area contributed by atoms with Crippen LogP contribution in [0.25, 0.3) is 16.7 Å².